The highest BCUT2D eigenvalue weighted by Crippen LogP contribution is 2.29. The summed E-state index contributed by atoms with van der Waals surface area (Å²) in [5, 5.41) is 4.08. The Balaban J connectivity index is 1.48. The third-order valence-electron chi connectivity index (χ3n) is 5.48. The monoisotopic (exact) mass is 396 g/mol. The zero-order valence-corrected chi connectivity index (χ0v) is 16.7. The maximum Gasteiger partial charge on any atom is 0.251 e. The Morgan fingerprint density at radius 2 is 1.82 bits per heavy atom. The number of aromatic nitrogens is 1. The van der Waals surface area contributed by atoms with Crippen molar-refractivity contribution in [2.24, 2.45) is 0 Å². The molecule has 0 atom stereocenters. The largest absolute Gasteiger partial charge is 0.358 e. The van der Waals surface area contributed by atoms with E-state index in [0.29, 0.717) is 17.0 Å². The molecule has 0 bridgehead atoms. The van der Waals surface area contributed by atoms with Crippen LogP contribution in [0.25, 0.3) is 10.9 Å². The number of amides is 1. The topological polar surface area (TPSA) is 79.0 Å². The van der Waals surface area contributed by atoms with E-state index in [1.807, 2.05) is 18.2 Å². The second-order valence-electron chi connectivity index (χ2n) is 7.28. The first kappa shape index (κ1) is 18.7. The van der Waals surface area contributed by atoms with Crippen molar-refractivity contribution in [2.45, 2.75) is 44.0 Å². The summed E-state index contributed by atoms with van der Waals surface area (Å²) in [6.07, 6.45) is 4.55. The molecular formula is C22H24N2O3S. The van der Waals surface area contributed by atoms with E-state index in [1.54, 1.807) is 31.2 Å². The Morgan fingerprint density at radius 3 is 2.57 bits per heavy atom. The molecule has 5 nitrogen and oxygen atoms in total. The van der Waals surface area contributed by atoms with Crippen molar-refractivity contribution in [3.63, 3.8) is 0 Å². The fourth-order valence-corrected chi connectivity index (χ4v) is 4.70. The summed E-state index contributed by atoms with van der Waals surface area (Å²) < 4.78 is 23.8. The molecule has 4 rings (SSSR count). The van der Waals surface area contributed by atoms with Gasteiger partial charge in [0.1, 0.15) is 0 Å². The van der Waals surface area contributed by atoms with Gasteiger partial charge < -0.3 is 10.3 Å². The van der Waals surface area contributed by atoms with E-state index in [0.717, 1.165) is 29.3 Å². The minimum absolute atomic E-state index is 0.0778. The van der Waals surface area contributed by atoms with Crippen LogP contribution in [0, 0.1) is 0 Å². The van der Waals surface area contributed by atoms with E-state index in [-0.39, 0.29) is 11.7 Å². The zero-order valence-electron chi connectivity index (χ0n) is 15.9. The number of benzene rings is 2. The lowest BCUT2D eigenvalue weighted by Crippen LogP contribution is -2.22. The lowest BCUT2D eigenvalue weighted by atomic mass is 9.95. The van der Waals surface area contributed by atoms with Crippen molar-refractivity contribution in [2.75, 3.05) is 5.75 Å². The van der Waals surface area contributed by atoms with Gasteiger partial charge in [0, 0.05) is 28.7 Å². The van der Waals surface area contributed by atoms with Gasteiger partial charge in [-0.1, -0.05) is 19.1 Å². The number of nitrogens with one attached hydrogen (secondary N) is 2. The van der Waals surface area contributed by atoms with Gasteiger partial charge in [-0.15, -0.1) is 0 Å². The number of carbonyl (C=O) groups excluding carboxylic acids is 1. The van der Waals surface area contributed by atoms with Crippen LogP contribution in [0.1, 0.15) is 46.9 Å². The summed E-state index contributed by atoms with van der Waals surface area (Å²) in [5.74, 6) is -0.0491. The molecule has 1 amide bonds. The summed E-state index contributed by atoms with van der Waals surface area (Å²) in [5.41, 5.74) is 5.26. The number of hydrogen-bond donors (Lipinski definition) is 2. The molecule has 1 aliphatic carbocycles. The molecule has 0 saturated carbocycles. The van der Waals surface area contributed by atoms with E-state index >= 15 is 0 Å². The maximum atomic E-state index is 12.6. The second kappa shape index (κ2) is 7.43. The Labute approximate surface area is 165 Å². The van der Waals surface area contributed by atoms with Gasteiger partial charge in [0.15, 0.2) is 9.84 Å². The SMILES string of the molecule is CCS(=O)(=O)c1ccc(CNC(=O)c2ccc3[nH]c4c(c3c2)CCCC4)cc1. The van der Waals surface area contributed by atoms with Gasteiger partial charge in [-0.05, 0) is 67.1 Å². The third-order valence-corrected chi connectivity index (χ3v) is 7.23. The summed E-state index contributed by atoms with van der Waals surface area (Å²) >= 11 is 0. The number of H-pyrrole nitrogens is 1. The van der Waals surface area contributed by atoms with Crippen LogP contribution in [0.2, 0.25) is 0 Å². The molecule has 0 saturated heterocycles. The Morgan fingerprint density at radius 1 is 1.07 bits per heavy atom. The minimum atomic E-state index is -3.20. The van der Waals surface area contributed by atoms with Crippen LogP contribution in [-0.2, 0) is 29.2 Å². The highest BCUT2D eigenvalue weighted by atomic mass is 32.2. The lowest BCUT2D eigenvalue weighted by molar-refractivity contribution is 0.0951. The fourth-order valence-electron chi connectivity index (χ4n) is 3.81. The standard InChI is InChI=1S/C22H24N2O3S/c1-2-28(26,27)17-10-7-15(8-11-17)14-23-22(25)16-9-12-21-19(13-16)18-5-3-4-6-20(18)24-21/h7-13,24H,2-6,14H2,1H3,(H,23,25). The molecule has 0 aliphatic heterocycles. The van der Waals surface area contributed by atoms with Crippen molar-refractivity contribution in [1.82, 2.24) is 10.3 Å². The van der Waals surface area contributed by atoms with E-state index < -0.39 is 9.84 Å². The van der Waals surface area contributed by atoms with Crippen molar-refractivity contribution >= 4 is 26.6 Å². The van der Waals surface area contributed by atoms with Crippen LogP contribution in [0.15, 0.2) is 47.4 Å². The van der Waals surface area contributed by atoms with E-state index in [1.165, 1.54) is 24.1 Å². The van der Waals surface area contributed by atoms with Crippen LogP contribution >= 0.6 is 0 Å². The third kappa shape index (κ3) is 3.56. The number of sulfone groups is 1. The quantitative estimate of drug-likeness (QED) is 0.689. The number of rotatable bonds is 5. The Bertz CT molecular complexity index is 1130. The molecular weight excluding hydrogens is 372 g/mol. The highest BCUT2D eigenvalue weighted by Gasteiger charge is 2.17. The van der Waals surface area contributed by atoms with Crippen molar-refractivity contribution in [1.29, 1.82) is 0 Å². The molecule has 0 fully saturated rings. The smallest absolute Gasteiger partial charge is 0.251 e. The van der Waals surface area contributed by atoms with Gasteiger partial charge in [0.25, 0.3) is 5.91 Å². The molecule has 0 unspecified atom stereocenters. The number of hydrogen-bond acceptors (Lipinski definition) is 3. The van der Waals surface area contributed by atoms with Gasteiger partial charge in [-0.2, -0.15) is 0 Å². The van der Waals surface area contributed by atoms with E-state index in [4.69, 9.17) is 0 Å². The van der Waals surface area contributed by atoms with Gasteiger partial charge in [0.2, 0.25) is 0 Å². The van der Waals surface area contributed by atoms with Crippen molar-refractivity contribution in [3.05, 3.63) is 64.8 Å². The average molecular weight is 397 g/mol. The Hall–Kier alpha value is -2.60. The molecule has 1 heterocycles. The molecule has 146 valence electrons. The summed E-state index contributed by atoms with van der Waals surface area (Å²) in [7, 11) is -3.20. The van der Waals surface area contributed by atoms with Gasteiger partial charge in [-0.25, -0.2) is 8.42 Å². The second-order valence-corrected chi connectivity index (χ2v) is 9.56. The molecule has 2 aromatic carbocycles. The van der Waals surface area contributed by atoms with Gasteiger partial charge >= 0.3 is 0 Å². The van der Waals surface area contributed by atoms with Gasteiger partial charge in [0.05, 0.1) is 10.6 Å². The maximum absolute atomic E-state index is 12.6. The minimum Gasteiger partial charge on any atom is -0.358 e. The molecule has 28 heavy (non-hydrogen) atoms. The van der Waals surface area contributed by atoms with Crippen molar-refractivity contribution in [3.8, 4) is 0 Å². The first-order valence-electron chi connectivity index (χ1n) is 9.71. The summed E-state index contributed by atoms with van der Waals surface area (Å²) in [6.45, 7) is 1.98. The van der Waals surface area contributed by atoms with Crippen LogP contribution in [0.3, 0.4) is 0 Å². The van der Waals surface area contributed by atoms with Crippen LogP contribution in [0.4, 0.5) is 0 Å². The number of aromatic amines is 1. The normalized spacial score (nSPS) is 14.0. The Kier molecular flexibility index (Phi) is 4.98. The molecule has 1 aromatic heterocycles. The summed E-state index contributed by atoms with van der Waals surface area (Å²) in [4.78, 5) is 16.4. The predicted octanol–water partition coefficient (Wildman–Crippen LogP) is 3.77. The van der Waals surface area contributed by atoms with Crippen molar-refractivity contribution < 1.29 is 13.2 Å². The first-order valence-corrected chi connectivity index (χ1v) is 11.4. The van der Waals surface area contributed by atoms with Crippen LogP contribution in [0.5, 0.6) is 0 Å². The number of aryl methyl sites for hydroxylation is 2. The highest BCUT2D eigenvalue weighted by molar-refractivity contribution is 7.91. The lowest BCUT2D eigenvalue weighted by Gasteiger charge is -2.10. The van der Waals surface area contributed by atoms with Crippen LogP contribution in [-0.4, -0.2) is 25.1 Å². The number of carbonyl (C=O) groups is 1. The fraction of sp³-hybridized carbons (Fsp3) is 0.318. The average Bonchev–Trinajstić information content (AvgIpc) is 3.10. The predicted molar refractivity (Wildman–Crippen MR) is 110 cm³/mol. The molecule has 0 radical (unpaired) electrons. The van der Waals surface area contributed by atoms with Crippen LogP contribution < -0.4 is 5.32 Å². The molecule has 1 aliphatic rings. The van der Waals surface area contributed by atoms with Gasteiger partial charge in [-0.3, -0.25) is 4.79 Å². The molecule has 0 spiro atoms. The number of fused-ring (bicyclic) bond motifs is 3. The summed E-state index contributed by atoms with van der Waals surface area (Å²) in [6, 6.07) is 12.5. The zero-order chi connectivity index (χ0) is 19.7. The van der Waals surface area contributed by atoms with E-state index in [9.17, 15) is 13.2 Å². The molecule has 2 N–H and O–H groups in total. The molecule has 6 heteroatoms. The van der Waals surface area contributed by atoms with E-state index in [2.05, 4.69) is 10.3 Å². The first-order chi connectivity index (χ1) is 13.5. The molecule has 3 aromatic rings.